The van der Waals surface area contributed by atoms with Crippen molar-refractivity contribution in [3.8, 4) is 0 Å². The summed E-state index contributed by atoms with van der Waals surface area (Å²) >= 11 is 0. The van der Waals surface area contributed by atoms with Crippen LogP contribution in [-0.2, 0) is 14.3 Å². The largest absolute Gasteiger partial charge is 0.464 e. The van der Waals surface area contributed by atoms with Gasteiger partial charge in [-0.25, -0.2) is 0 Å². The highest BCUT2D eigenvalue weighted by atomic mass is 16.7. The van der Waals surface area contributed by atoms with E-state index in [4.69, 9.17) is 13.9 Å². The number of allylic oxidation sites excluding steroid dienone is 1. The summed E-state index contributed by atoms with van der Waals surface area (Å²) in [6.07, 6.45) is 3.65. The maximum Gasteiger partial charge on any atom is 0.288 e. The topological polar surface area (TPSA) is 89.0 Å². The highest BCUT2D eigenvalue weighted by molar-refractivity contribution is 5.93. The molecule has 0 bridgehead atoms. The predicted octanol–water partition coefficient (Wildman–Crippen LogP) is 2.38. The summed E-state index contributed by atoms with van der Waals surface area (Å²) in [6, 6.07) is 7.10. The molecule has 0 aliphatic carbocycles. The molecule has 154 valence electrons. The first-order chi connectivity index (χ1) is 14.1. The van der Waals surface area contributed by atoms with Crippen LogP contribution in [0.1, 0.15) is 31.2 Å². The number of carbonyl (C=O) groups excluding carboxylic acids is 1. The predicted molar refractivity (Wildman–Crippen MR) is 106 cm³/mol. The van der Waals surface area contributed by atoms with Gasteiger partial charge in [-0.2, -0.15) is 0 Å². The van der Waals surface area contributed by atoms with Crippen LogP contribution in [0.5, 0.6) is 0 Å². The monoisotopic (exact) mass is 399 g/mol. The number of hydrogen-bond acceptors (Lipinski definition) is 6. The van der Waals surface area contributed by atoms with Crippen LogP contribution < -0.4 is 5.43 Å². The lowest BCUT2D eigenvalue weighted by molar-refractivity contribution is -0.168. The zero-order valence-electron chi connectivity index (χ0n) is 16.4. The van der Waals surface area contributed by atoms with E-state index in [-0.39, 0.29) is 29.6 Å². The molecule has 1 aromatic heterocycles. The molecule has 0 saturated carbocycles. The fourth-order valence-electron chi connectivity index (χ4n) is 3.85. The van der Waals surface area contributed by atoms with Crippen LogP contribution in [0.2, 0.25) is 0 Å². The van der Waals surface area contributed by atoms with Gasteiger partial charge < -0.3 is 23.9 Å². The molecule has 2 aliphatic rings. The lowest BCUT2D eigenvalue weighted by Gasteiger charge is -2.36. The number of rotatable bonds is 7. The zero-order valence-corrected chi connectivity index (χ0v) is 16.4. The molecule has 1 fully saturated rings. The van der Waals surface area contributed by atoms with Crippen molar-refractivity contribution in [3.63, 3.8) is 0 Å². The summed E-state index contributed by atoms with van der Waals surface area (Å²) < 4.78 is 17.4. The molecule has 1 amide bonds. The average molecular weight is 399 g/mol. The van der Waals surface area contributed by atoms with Gasteiger partial charge in [0, 0.05) is 43.7 Å². The SMILES string of the molecule is CCO[C@@H]1OC(C(=O)N2CC2)=C[C@H](c2coc3ccccc3c2=O)[C@@H]1CCCO. The Balaban J connectivity index is 1.80. The molecule has 29 heavy (non-hydrogen) atoms. The van der Waals surface area contributed by atoms with Crippen molar-refractivity contribution in [1.82, 2.24) is 4.90 Å². The van der Waals surface area contributed by atoms with E-state index in [0.29, 0.717) is 49.1 Å². The molecule has 3 heterocycles. The fraction of sp³-hybridized carbons (Fsp3) is 0.455. The van der Waals surface area contributed by atoms with Crippen LogP contribution >= 0.6 is 0 Å². The van der Waals surface area contributed by atoms with Gasteiger partial charge in [-0.05, 0) is 38.0 Å². The molecule has 2 aromatic rings. The first-order valence-corrected chi connectivity index (χ1v) is 10.0. The van der Waals surface area contributed by atoms with Crippen molar-refractivity contribution < 1.29 is 23.8 Å². The summed E-state index contributed by atoms with van der Waals surface area (Å²) in [6.45, 7) is 3.70. The third-order valence-corrected chi connectivity index (χ3v) is 5.42. The van der Waals surface area contributed by atoms with E-state index in [1.165, 1.54) is 6.26 Å². The van der Waals surface area contributed by atoms with Gasteiger partial charge in [0.1, 0.15) is 5.58 Å². The van der Waals surface area contributed by atoms with Crippen molar-refractivity contribution in [2.24, 2.45) is 5.92 Å². The van der Waals surface area contributed by atoms with Crippen molar-refractivity contribution >= 4 is 16.9 Å². The Kier molecular flexibility index (Phi) is 5.69. The van der Waals surface area contributed by atoms with Crippen molar-refractivity contribution in [3.05, 3.63) is 58.2 Å². The normalized spacial score (nSPS) is 23.6. The second-order valence-corrected chi connectivity index (χ2v) is 7.34. The maximum absolute atomic E-state index is 13.2. The van der Waals surface area contributed by atoms with Crippen LogP contribution in [-0.4, -0.2) is 48.5 Å². The van der Waals surface area contributed by atoms with Crippen LogP contribution in [0.25, 0.3) is 11.0 Å². The molecule has 1 N–H and O–H groups in total. The average Bonchev–Trinajstić information content (AvgIpc) is 3.58. The molecule has 7 nitrogen and oxygen atoms in total. The van der Waals surface area contributed by atoms with E-state index in [1.807, 2.05) is 13.0 Å². The second kappa shape index (κ2) is 8.39. The van der Waals surface area contributed by atoms with Gasteiger partial charge in [0.25, 0.3) is 5.91 Å². The Bertz CT molecular complexity index is 977. The van der Waals surface area contributed by atoms with Gasteiger partial charge in [0.2, 0.25) is 6.29 Å². The van der Waals surface area contributed by atoms with E-state index in [0.717, 1.165) is 0 Å². The molecule has 4 rings (SSSR count). The summed E-state index contributed by atoms with van der Waals surface area (Å²) in [5.74, 6) is -0.618. The minimum absolute atomic E-state index is 0.0255. The summed E-state index contributed by atoms with van der Waals surface area (Å²) in [7, 11) is 0. The molecular weight excluding hydrogens is 374 g/mol. The smallest absolute Gasteiger partial charge is 0.288 e. The van der Waals surface area contributed by atoms with Crippen molar-refractivity contribution in [2.45, 2.75) is 32.0 Å². The first kappa shape index (κ1) is 19.7. The number of aliphatic hydroxyl groups is 1. The summed E-state index contributed by atoms with van der Waals surface area (Å²) in [5.41, 5.74) is 0.861. The molecule has 1 saturated heterocycles. The summed E-state index contributed by atoms with van der Waals surface area (Å²) in [5, 5.41) is 9.85. The lowest BCUT2D eigenvalue weighted by atomic mass is 9.81. The van der Waals surface area contributed by atoms with Crippen molar-refractivity contribution in [1.29, 1.82) is 0 Å². The van der Waals surface area contributed by atoms with Gasteiger partial charge >= 0.3 is 0 Å². The Morgan fingerprint density at radius 3 is 2.83 bits per heavy atom. The summed E-state index contributed by atoms with van der Waals surface area (Å²) in [4.78, 5) is 27.5. The fourth-order valence-corrected chi connectivity index (χ4v) is 3.85. The molecule has 0 spiro atoms. The number of nitrogens with zero attached hydrogens (tertiary/aromatic N) is 1. The molecule has 3 atom stereocenters. The first-order valence-electron chi connectivity index (χ1n) is 10.0. The van der Waals surface area contributed by atoms with Crippen LogP contribution in [0.4, 0.5) is 0 Å². The Morgan fingerprint density at radius 2 is 2.10 bits per heavy atom. The van der Waals surface area contributed by atoms with Crippen LogP contribution in [0.3, 0.4) is 0 Å². The minimum Gasteiger partial charge on any atom is -0.464 e. The zero-order chi connectivity index (χ0) is 20.4. The van der Waals surface area contributed by atoms with E-state index in [1.54, 1.807) is 29.2 Å². The molecule has 7 heteroatoms. The van der Waals surface area contributed by atoms with Crippen LogP contribution in [0, 0.1) is 5.92 Å². The number of para-hydroxylation sites is 1. The Labute approximate surface area is 168 Å². The van der Waals surface area contributed by atoms with E-state index in [2.05, 4.69) is 0 Å². The van der Waals surface area contributed by atoms with Gasteiger partial charge in [-0.1, -0.05) is 12.1 Å². The highest BCUT2D eigenvalue weighted by Gasteiger charge is 2.41. The molecule has 2 aliphatic heterocycles. The van der Waals surface area contributed by atoms with Gasteiger partial charge in [-0.15, -0.1) is 0 Å². The highest BCUT2D eigenvalue weighted by Crippen LogP contribution is 2.39. The van der Waals surface area contributed by atoms with Gasteiger partial charge in [-0.3, -0.25) is 9.59 Å². The number of fused-ring (bicyclic) bond motifs is 1. The number of benzene rings is 1. The maximum atomic E-state index is 13.2. The van der Waals surface area contributed by atoms with Gasteiger partial charge in [0.05, 0.1) is 11.6 Å². The third-order valence-electron chi connectivity index (χ3n) is 5.42. The van der Waals surface area contributed by atoms with E-state index < -0.39 is 12.2 Å². The van der Waals surface area contributed by atoms with E-state index >= 15 is 0 Å². The minimum atomic E-state index is -0.675. The number of hydrogen-bond donors (Lipinski definition) is 1. The number of carbonyl (C=O) groups is 1. The molecule has 0 unspecified atom stereocenters. The lowest BCUT2D eigenvalue weighted by Crippen LogP contribution is -2.38. The number of aliphatic hydroxyl groups excluding tert-OH is 1. The van der Waals surface area contributed by atoms with Gasteiger partial charge in [0.15, 0.2) is 11.2 Å². The number of ether oxygens (including phenoxy) is 2. The Morgan fingerprint density at radius 1 is 1.31 bits per heavy atom. The molecular formula is C22H25NO6. The van der Waals surface area contributed by atoms with Crippen molar-refractivity contribution in [2.75, 3.05) is 26.3 Å². The second-order valence-electron chi connectivity index (χ2n) is 7.34. The Hall–Kier alpha value is -2.64. The molecule has 1 aromatic carbocycles. The third kappa shape index (κ3) is 3.93. The number of amides is 1. The van der Waals surface area contributed by atoms with Crippen LogP contribution in [0.15, 0.2) is 51.6 Å². The van der Waals surface area contributed by atoms with E-state index in [9.17, 15) is 14.7 Å². The standard InChI is InChI=1S/C22H25NO6/c1-2-27-22-14(7-5-11-24)16(12-19(29-22)21(26)23-9-10-23)17-13-28-18-8-4-3-6-15(18)20(17)25/h3-4,6,8,12-14,16,22,24H,2,5,7,9-11H2,1H3/t14-,16-,22+/m0/s1. The quantitative estimate of drug-likeness (QED) is 0.719. The molecule has 0 radical (unpaired) electrons.